The molecule has 0 saturated heterocycles. The van der Waals surface area contributed by atoms with Gasteiger partial charge < -0.3 is 8.83 Å². The van der Waals surface area contributed by atoms with Gasteiger partial charge in [0.1, 0.15) is 0 Å². The van der Waals surface area contributed by atoms with Gasteiger partial charge in [0.15, 0.2) is 0 Å². The Balaban J connectivity index is 1.62. The predicted octanol–water partition coefficient (Wildman–Crippen LogP) is 2.49. The summed E-state index contributed by atoms with van der Waals surface area (Å²) in [6.07, 6.45) is 0.377. The van der Waals surface area contributed by atoms with Crippen molar-refractivity contribution >= 4 is 33.0 Å². The molecular weight excluding hydrogens is 392 g/mol. The zero-order valence-electron chi connectivity index (χ0n) is 16.2. The van der Waals surface area contributed by atoms with Gasteiger partial charge in [-0.3, -0.25) is 0 Å². The molecule has 0 unspecified atom stereocenters. The quantitative estimate of drug-likeness (QED) is 0.448. The van der Waals surface area contributed by atoms with Crippen LogP contribution in [-0.4, -0.2) is 9.97 Å². The lowest BCUT2D eigenvalue weighted by atomic mass is 10.1. The summed E-state index contributed by atoms with van der Waals surface area (Å²) in [4.78, 5) is 34.2. The third kappa shape index (κ3) is 2.73. The smallest absolute Gasteiger partial charge is 0.347 e. The van der Waals surface area contributed by atoms with Crippen molar-refractivity contribution in [2.45, 2.75) is 6.42 Å². The molecule has 31 heavy (non-hydrogen) atoms. The van der Waals surface area contributed by atoms with Crippen molar-refractivity contribution in [3.8, 4) is 0 Å². The lowest BCUT2D eigenvalue weighted by Gasteiger charge is -2.05. The van der Waals surface area contributed by atoms with E-state index >= 15 is 0 Å². The van der Waals surface area contributed by atoms with E-state index in [1.807, 2.05) is 36.4 Å². The van der Waals surface area contributed by atoms with Crippen LogP contribution in [-0.2, 0) is 0 Å². The van der Waals surface area contributed by atoms with Crippen LogP contribution in [0.15, 0.2) is 91.2 Å². The summed E-state index contributed by atoms with van der Waals surface area (Å²) in [5.41, 5.74) is 1.78. The van der Waals surface area contributed by atoms with Crippen LogP contribution < -0.4 is 21.7 Å². The Morgan fingerprint density at radius 3 is 1.48 bits per heavy atom. The predicted molar refractivity (Wildman–Crippen MR) is 116 cm³/mol. The minimum absolute atomic E-state index is 0.259. The average Bonchev–Trinajstić information content (AvgIpc) is 3.19. The third-order valence-corrected chi connectivity index (χ3v) is 5.52. The largest absolute Gasteiger partial charge is 0.403 e. The van der Waals surface area contributed by atoms with Crippen molar-refractivity contribution < 1.29 is 8.83 Å². The van der Waals surface area contributed by atoms with Gasteiger partial charge in [0.25, 0.3) is 0 Å². The lowest BCUT2D eigenvalue weighted by molar-refractivity contribution is 0.481. The first-order chi connectivity index (χ1) is 15.2. The molecule has 0 spiro atoms. The molecule has 0 saturated carbocycles. The summed E-state index contributed by atoms with van der Waals surface area (Å²) >= 11 is 0. The van der Waals surface area contributed by atoms with Crippen LogP contribution in [0.3, 0.4) is 0 Å². The maximum atomic E-state index is 12.5. The molecule has 6 heteroatoms. The molecular formula is C25H14N2O4. The third-order valence-electron chi connectivity index (χ3n) is 5.52. The van der Waals surface area contributed by atoms with Crippen LogP contribution in [0.2, 0.25) is 0 Å². The van der Waals surface area contributed by atoms with Gasteiger partial charge in [0.2, 0.25) is 11.8 Å². The van der Waals surface area contributed by atoms with Gasteiger partial charge >= 0.3 is 11.3 Å². The molecule has 0 aliphatic heterocycles. The molecule has 148 valence electrons. The minimum atomic E-state index is -0.436. The number of fused-ring (bicyclic) bond motifs is 3. The monoisotopic (exact) mass is 406 g/mol. The van der Waals surface area contributed by atoms with Crippen molar-refractivity contribution in [3.05, 3.63) is 116 Å². The molecule has 0 atom stereocenters. The van der Waals surface area contributed by atoms with Gasteiger partial charge in [-0.1, -0.05) is 48.5 Å². The van der Waals surface area contributed by atoms with Gasteiger partial charge in [-0.05, 0) is 34.7 Å². The minimum Gasteiger partial charge on any atom is -0.403 e. The zero-order chi connectivity index (χ0) is 20.9. The Morgan fingerprint density at radius 2 is 1.00 bits per heavy atom. The first kappa shape index (κ1) is 17.5. The van der Waals surface area contributed by atoms with E-state index in [-0.39, 0.29) is 11.8 Å². The first-order valence-corrected chi connectivity index (χ1v) is 9.81. The molecule has 1 aliphatic carbocycles. The van der Waals surface area contributed by atoms with Gasteiger partial charge in [-0.15, -0.1) is 0 Å². The van der Waals surface area contributed by atoms with E-state index in [1.165, 1.54) is 0 Å². The van der Waals surface area contributed by atoms with E-state index < -0.39 is 11.3 Å². The fraction of sp³-hybridized carbons (Fsp3) is 0.0400. The highest BCUT2D eigenvalue weighted by Gasteiger charge is 2.23. The SMILES string of the molecule is O=c1oc(C2=c3ccccc3=C(c3nc4ccccc4c(=O)o3)C2)nc2ccccc12. The van der Waals surface area contributed by atoms with Crippen LogP contribution in [0.4, 0.5) is 0 Å². The van der Waals surface area contributed by atoms with Crippen molar-refractivity contribution in [2.75, 3.05) is 0 Å². The van der Waals surface area contributed by atoms with E-state index in [0.717, 1.165) is 21.6 Å². The first-order valence-electron chi connectivity index (χ1n) is 9.81. The Kier molecular flexibility index (Phi) is 3.73. The number of hydrogen-bond donors (Lipinski definition) is 0. The molecule has 1 aliphatic rings. The Bertz CT molecular complexity index is 1630. The number of benzene rings is 3. The number of aromatic nitrogens is 2. The topological polar surface area (TPSA) is 86.2 Å². The van der Waals surface area contributed by atoms with E-state index in [2.05, 4.69) is 9.97 Å². The maximum Gasteiger partial charge on any atom is 0.347 e. The Morgan fingerprint density at radius 1 is 0.581 bits per heavy atom. The summed E-state index contributed by atoms with van der Waals surface area (Å²) in [6.45, 7) is 0. The van der Waals surface area contributed by atoms with E-state index in [9.17, 15) is 9.59 Å². The molecule has 0 bridgehead atoms. The standard InChI is InChI=1S/C25H14N2O4/c28-24-16-9-3-5-11-20(16)26-22(30-24)18-13-19(15-8-2-1-7-14(15)18)23-27-21-12-6-4-10-17(21)25(29)31-23/h1-12H,13H2. The summed E-state index contributed by atoms with van der Waals surface area (Å²) in [5, 5.41) is 2.62. The normalized spacial score (nSPS) is 13.2. The second kappa shape index (κ2) is 6.60. The van der Waals surface area contributed by atoms with Gasteiger partial charge in [0, 0.05) is 17.6 Å². The van der Waals surface area contributed by atoms with Gasteiger partial charge in [-0.2, -0.15) is 0 Å². The van der Waals surface area contributed by atoms with Crippen molar-refractivity contribution in [2.24, 2.45) is 0 Å². The summed E-state index contributed by atoms with van der Waals surface area (Å²) in [5.74, 6) is 0.517. The van der Waals surface area contributed by atoms with E-state index in [1.54, 1.807) is 36.4 Å². The van der Waals surface area contributed by atoms with Gasteiger partial charge in [-0.25, -0.2) is 19.6 Å². The van der Waals surface area contributed by atoms with E-state index in [0.29, 0.717) is 28.2 Å². The number of hydrogen-bond acceptors (Lipinski definition) is 6. The molecule has 5 aromatic rings. The molecule has 2 heterocycles. The highest BCUT2D eigenvalue weighted by molar-refractivity contribution is 5.84. The Hall–Kier alpha value is -4.32. The second-order valence-electron chi connectivity index (χ2n) is 7.33. The average molecular weight is 406 g/mol. The molecule has 0 amide bonds. The van der Waals surface area contributed by atoms with Crippen LogP contribution in [0.5, 0.6) is 0 Å². The van der Waals surface area contributed by atoms with E-state index in [4.69, 9.17) is 8.83 Å². The Labute approximate surface area is 174 Å². The number of rotatable bonds is 2. The molecule has 0 N–H and O–H groups in total. The molecule has 0 radical (unpaired) electrons. The fourth-order valence-corrected chi connectivity index (χ4v) is 4.05. The van der Waals surface area contributed by atoms with Crippen LogP contribution >= 0.6 is 0 Å². The molecule has 0 fully saturated rings. The van der Waals surface area contributed by atoms with Crippen LogP contribution in [0.1, 0.15) is 18.2 Å². The summed E-state index contributed by atoms with van der Waals surface area (Å²) in [6, 6.07) is 21.9. The second-order valence-corrected chi connectivity index (χ2v) is 7.33. The number of para-hydroxylation sites is 2. The molecule has 2 aromatic heterocycles. The highest BCUT2D eigenvalue weighted by Crippen LogP contribution is 2.26. The lowest BCUT2D eigenvalue weighted by Crippen LogP contribution is -2.24. The van der Waals surface area contributed by atoms with Crippen LogP contribution in [0.25, 0.3) is 33.0 Å². The summed E-state index contributed by atoms with van der Waals surface area (Å²) in [7, 11) is 0. The van der Waals surface area contributed by atoms with Gasteiger partial charge in [0.05, 0.1) is 21.8 Å². The fourth-order valence-electron chi connectivity index (χ4n) is 4.05. The van der Waals surface area contributed by atoms with Crippen LogP contribution in [0, 0.1) is 0 Å². The highest BCUT2D eigenvalue weighted by atomic mass is 16.4. The molecule has 6 rings (SSSR count). The van der Waals surface area contributed by atoms with Crippen molar-refractivity contribution in [1.82, 2.24) is 9.97 Å². The maximum absolute atomic E-state index is 12.5. The molecule has 3 aromatic carbocycles. The zero-order valence-corrected chi connectivity index (χ0v) is 16.2. The van der Waals surface area contributed by atoms with Crippen molar-refractivity contribution in [3.63, 3.8) is 0 Å². The molecule has 6 nitrogen and oxygen atoms in total. The number of nitrogens with zero attached hydrogens (tertiary/aromatic N) is 2. The summed E-state index contributed by atoms with van der Waals surface area (Å²) < 4.78 is 11.2. The van der Waals surface area contributed by atoms with Crippen molar-refractivity contribution in [1.29, 1.82) is 0 Å².